The Morgan fingerprint density at radius 2 is 1.13 bits per heavy atom. The molecule has 150 valence electrons. The van der Waals surface area contributed by atoms with Crippen LogP contribution in [0.3, 0.4) is 0 Å². The zero-order chi connectivity index (χ0) is 21.0. The number of benzene rings is 3. The Balaban J connectivity index is 1.61. The van der Waals surface area contributed by atoms with Crippen LogP contribution in [0.1, 0.15) is 5.56 Å². The van der Waals surface area contributed by atoms with E-state index < -0.39 is 23.6 Å². The maximum absolute atomic E-state index is 12.9. The highest BCUT2D eigenvalue weighted by Gasteiger charge is 2.49. The first-order chi connectivity index (χ1) is 14.6. The summed E-state index contributed by atoms with van der Waals surface area (Å²) in [7, 11) is 0. The number of carbonyl (C=O) groups excluding carboxylic acids is 3. The molecule has 5 N–H and O–H groups in total. The van der Waals surface area contributed by atoms with Crippen molar-refractivity contribution in [2.75, 3.05) is 16.0 Å². The van der Waals surface area contributed by atoms with E-state index in [1.165, 1.54) is 0 Å². The number of fused-ring (bicyclic) bond motifs is 1. The molecule has 30 heavy (non-hydrogen) atoms. The van der Waals surface area contributed by atoms with Crippen molar-refractivity contribution in [2.45, 2.75) is 5.66 Å². The summed E-state index contributed by atoms with van der Waals surface area (Å²) in [5, 5.41) is 13.3. The minimum atomic E-state index is -1.78. The molecule has 3 aromatic carbocycles. The van der Waals surface area contributed by atoms with Crippen LogP contribution in [-0.4, -0.2) is 18.0 Å². The van der Waals surface area contributed by atoms with Crippen LogP contribution in [0.2, 0.25) is 0 Å². The molecule has 3 aromatic rings. The summed E-state index contributed by atoms with van der Waals surface area (Å²) in [4.78, 5) is 38.3. The van der Waals surface area contributed by atoms with Gasteiger partial charge in [-0.05, 0) is 30.3 Å². The van der Waals surface area contributed by atoms with Gasteiger partial charge >= 0.3 is 12.1 Å². The molecule has 0 fully saturated rings. The maximum Gasteiger partial charge on any atom is 0.321 e. The van der Waals surface area contributed by atoms with Gasteiger partial charge in [-0.3, -0.25) is 4.79 Å². The van der Waals surface area contributed by atoms with Gasteiger partial charge in [0.2, 0.25) is 5.66 Å². The zero-order valence-electron chi connectivity index (χ0n) is 15.8. The molecule has 5 amide bonds. The Bertz CT molecular complexity index is 1030. The number of hydrogen-bond acceptors (Lipinski definition) is 3. The number of carbonyl (C=O) groups is 3. The van der Waals surface area contributed by atoms with Crippen LogP contribution in [0, 0.1) is 0 Å². The number of hydrogen-bond donors (Lipinski definition) is 5. The van der Waals surface area contributed by atoms with Crippen LogP contribution in [0.15, 0.2) is 84.9 Å². The van der Waals surface area contributed by atoms with Crippen LogP contribution in [0.25, 0.3) is 0 Å². The molecular weight excluding hydrogens is 382 g/mol. The summed E-state index contributed by atoms with van der Waals surface area (Å²) in [6, 6.07) is 23.1. The Hall–Kier alpha value is -4.33. The monoisotopic (exact) mass is 401 g/mol. The summed E-state index contributed by atoms with van der Waals surface area (Å²) in [5.74, 6) is -0.574. The number of urea groups is 2. The van der Waals surface area contributed by atoms with E-state index in [1.807, 2.05) is 12.1 Å². The molecule has 0 bridgehead atoms. The minimum Gasteiger partial charge on any atom is -0.322 e. The fourth-order valence-corrected chi connectivity index (χ4v) is 3.25. The van der Waals surface area contributed by atoms with Gasteiger partial charge in [-0.1, -0.05) is 54.6 Å². The summed E-state index contributed by atoms with van der Waals surface area (Å²) < 4.78 is 0. The van der Waals surface area contributed by atoms with Crippen LogP contribution >= 0.6 is 0 Å². The molecule has 1 aliphatic heterocycles. The van der Waals surface area contributed by atoms with Gasteiger partial charge in [0.1, 0.15) is 0 Å². The fraction of sp³-hybridized carbons (Fsp3) is 0.0455. The van der Waals surface area contributed by atoms with E-state index in [2.05, 4.69) is 26.6 Å². The van der Waals surface area contributed by atoms with E-state index in [-0.39, 0.29) is 0 Å². The van der Waals surface area contributed by atoms with Crippen molar-refractivity contribution >= 4 is 35.0 Å². The molecular formula is C22H19N5O3. The van der Waals surface area contributed by atoms with Gasteiger partial charge in [0.25, 0.3) is 5.91 Å². The third-order valence-electron chi connectivity index (χ3n) is 4.59. The lowest BCUT2D eigenvalue weighted by atomic mass is 10.0. The molecule has 8 heteroatoms. The van der Waals surface area contributed by atoms with Crippen LogP contribution < -0.4 is 26.6 Å². The SMILES string of the molecule is O=C(Nc1ccccc1)NC1(NC(=O)Nc2ccccc2)C(=O)Nc2ccccc21. The van der Waals surface area contributed by atoms with Crippen molar-refractivity contribution in [2.24, 2.45) is 0 Å². The third kappa shape index (κ3) is 3.79. The molecule has 1 aliphatic rings. The van der Waals surface area contributed by atoms with Crippen molar-refractivity contribution in [3.63, 3.8) is 0 Å². The molecule has 0 atom stereocenters. The van der Waals surface area contributed by atoms with E-state index in [1.54, 1.807) is 72.8 Å². The molecule has 1 heterocycles. The number of anilines is 3. The highest BCUT2D eigenvalue weighted by molar-refractivity contribution is 6.10. The van der Waals surface area contributed by atoms with Crippen molar-refractivity contribution in [3.8, 4) is 0 Å². The fourth-order valence-electron chi connectivity index (χ4n) is 3.25. The molecule has 8 nitrogen and oxygen atoms in total. The summed E-state index contributed by atoms with van der Waals surface area (Å²) >= 11 is 0. The lowest BCUT2D eigenvalue weighted by Gasteiger charge is -2.29. The lowest BCUT2D eigenvalue weighted by molar-refractivity contribution is -0.122. The van der Waals surface area contributed by atoms with Crippen LogP contribution in [0.5, 0.6) is 0 Å². The summed E-state index contributed by atoms with van der Waals surface area (Å²) in [5.41, 5.74) is 0.244. The first-order valence-electron chi connectivity index (χ1n) is 9.26. The van der Waals surface area contributed by atoms with Gasteiger partial charge in [-0.25, -0.2) is 9.59 Å². The largest absolute Gasteiger partial charge is 0.322 e. The second-order valence-electron chi connectivity index (χ2n) is 6.64. The Kier molecular flexibility index (Phi) is 5.04. The molecule has 0 saturated heterocycles. The lowest BCUT2D eigenvalue weighted by Crippen LogP contribution is -2.63. The standard InChI is InChI=1S/C22H19N5O3/c28-19-22(17-13-7-8-14-18(17)25-19,26-20(29)23-15-9-3-1-4-10-15)27-21(30)24-16-11-5-2-6-12-16/h1-14H,(H,25,28)(H2,23,26,29)(H2,24,27,30). The van der Waals surface area contributed by atoms with Gasteiger partial charge in [0.15, 0.2) is 0 Å². The van der Waals surface area contributed by atoms with Gasteiger partial charge in [0, 0.05) is 22.6 Å². The predicted molar refractivity (Wildman–Crippen MR) is 114 cm³/mol. The van der Waals surface area contributed by atoms with Crippen LogP contribution in [0.4, 0.5) is 26.7 Å². The molecule has 0 saturated carbocycles. The molecule has 0 radical (unpaired) electrons. The summed E-state index contributed by atoms with van der Waals surface area (Å²) in [6.45, 7) is 0. The van der Waals surface area contributed by atoms with Gasteiger partial charge in [-0.2, -0.15) is 0 Å². The first kappa shape index (κ1) is 19.0. The number of amides is 5. The van der Waals surface area contributed by atoms with Crippen molar-refractivity contribution < 1.29 is 14.4 Å². The molecule has 0 aromatic heterocycles. The summed E-state index contributed by atoms with van der Waals surface area (Å²) in [6.07, 6.45) is 0. The normalized spacial score (nSPS) is 13.5. The molecule has 0 spiro atoms. The van der Waals surface area contributed by atoms with Gasteiger partial charge in [-0.15, -0.1) is 0 Å². The third-order valence-corrected chi connectivity index (χ3v) is 4.59. The highest BCUT2D eigenvalue weighted by Crippen LogP contribution is 2.34. The van der Waals surface area contributed by atoms with E-state index in [4.69, 9.17) is 0 Å². The van der Waals surface area contributed by atoms with Crippen molar-refractivity contribution in [1.29, 1.82) is 0 Å². The predicted octanol–water partition coefficient (Wildman–Crippen LogP) is 3.43. The number of rotatable bonds is 4. The number of para-hydroxylation sites is 3. The van der Waals surface area contributed by atoms with E-state index in [0.717, 1.165) is 0 Å². The number of nitrogens with one attached hydrogen (secondary N) is 5. The Morgan fingerprint density at radius 3 is 1.67 bits per heavy atom. The topological polar surface area (TPSA) is 111 Å². The average Bonchev–Trinajstić information content (AvgIpc) is 3.00. The highest BCUT2D eigenvalue weighted by atomic mass is 16.2. The van der Waals surface area contributed by atoms with Crippen LogP contribution in [-0.2, 0) is 10.5 Å². The second kappa shape index (κ2) is 7.96. The first-order valence-corrected chi connectivity index (χ1v) is 9.26. The van der Waals surface area contributed by atoms with E-state index >= 15 is 0 Å². The Morgan fingerprint density at radius 1 is 0.667 bits per heavy atom. The minimum absolute atomic E-state index is 0.432. The van der Waals surface area contributed by atoms with Gasteiger partial charge in [0.05, 0.1) is 0 Å². The second-order valence-corrected chi connectivity index (χ2v) is 6.64. The van der Waals surface area contributed by atoms with Gasteiger partial charge < -0.3 is 26.6 Å². The average molecular weight is 401 g/mol. The van der Waals surface area contributed by atoms with Crippen molar-refractivity contribution in [3.05, 3.63) is 90.5 Å². The zero-order valence-corrected chi connectivity index (χ0v) is 15.8. The van der Waals surface area contributed by atoms with E-state index in [0.29, 0.717) is 22.6 Å². The molecule has 0 aliphatic carbocycles. The quantitative estimate of drug-likeness (QED) is 0.432. The Labute approximate surface area is 172 Å². The smallest absolute Gasteiger partial charge is 0.321 e. The van der Waals surface area contributed by atoms with Crippen molar-refractivity contribution in [1.82, 2.24) is 10.6 Å². The van der Waals surface area contributed by atoms with E-state index in [9.17, 15) is 14.4 Å². The molecule has 4 rings (SSSR count). The maximum atomic E-state index is 12.9. The molecule has 0 unspecified atom stereocenters.